The van der Waals surface area contributed by atoms with Gasteiger partial charge in [0.25, 0.3) is 0 Å². The highest BCUT2D eigenvalue weighted by molar-refractivity contribution is 5.90. The normalized spacial score (nSPS) is 10.4. The fraction of sp³-hybridized carbons (Fsp3) is 0.0909. The van der Waals surface area contributed by atoms with Crippen LogP contribution < -0.4 is 5.43 Å². The van der Waals surface area contributed by atoms with Crippen LogP contribution in [-0.2, 0) is 4.74 Å². The van der Waals surface area contributed by atoms with Gasteiger partial charge >= 0.3 is 5.97 Å². The predicted molar refractivity (Wildman–Crippen MR) is 57.2 cm³/mol. The van der Waals surface area contributed by atoms with Gasteiger partial charge in [0.05, 0.1) is 7.11 Å². The van der Waals surface area contributed by atoms with Gasteiger partial charge in [-0.15, -0.1) is 0 Å². The summed E-state index contributed by atoms with van der Waals surface area (Å²) in [5.74, 6) is -1.80. The summed E-state index contributed by atoms with van der Waals surface area (Å²) < 4.78 is 9.47. The minimum Gasteiger partial charge on any atom is -0.508 e. The molecule has 0 radical (unpaired) electrons. The number of fused-ring (bicyclic) bond motifs is 1. The number of rotatable bonds is 1. The first kappa shape index (κ1) is 11.0. The van der Waals surface area contributed by atoms with E-state index in [2.05, 4.69) is 4.74 Å². The van der Waals surface area contributed by atoms with Crippen molar-refractivity contribution in [2.24, 2.45) is 0 Å². The highest BCUT2D eigenvalue weighted by atomic mass is 16.5. The number of benzene rings is 1. The quantitative estimate of drug-likeness (QED) is 0.716. The third-order valence-electron chi connectivity index (χ3n) is 2.18. The van der Waals surface area contributed by atoms with E-state index < -0.39 is 17.1 Å². The number of carbonyl (C=O) groups excluding carboxylic acids is 1. The Morgan fingerprint density at radius 2 is 2.00 bits per heavy atom. The first-order valence-electron chi connectivity index (χ1n) is 4.61. The largest absolute Gasteiger partial charge is 0.508 e. The monoisotopic (exact) mass is 236 g/mol. The van der Waals surface area contributed by atoms with Crippen LogP contribution in [0.2, 0.25) is 0 Å². The average molecular weight is 236 g/mol. The van der Waals surface area contributed by atoms with E-state index in [1.807, 2.05) is 0 Å². The number of phenolic OH excluding ortho intramolecular Hbond substituents is 2. The van der Waals surface area contributed by atoms with E-state index in [9.17, 15) is 19.8 Å². The molecule has 2 rings (SSSR count). The van der Waals surface area contributed by atoms with Gasteiger partial charge in [0.15, 0.2) is 5.43 Å². The van der Waals surface area contributed by atoms with E-state index in [1.54, 1.807) is 0 Å². The van der Waals surface area contributed by atoms with Crippen LogP contribution in [0.1, 0.15) is 10.6 Å². The molecule has 2 N–H and O–H groups in total. The summed E-state index contributed by atoms with van der Waals surface area (Å²) in [6.45, 7) is 0. The van der Waals surface area contributed by atoms with Crippen LogP contribution in [0.15, 0.2) is 27.4 Å². The van der Waals surface area contributed by atoms with Crippen molar-refractivity contribution < 1.29 is 24.2 Å². The fourth-order valence-electron chi connectivity index (χ4n) is 1.46. The van der Waals surface area contributed by atoms with Crippen molar-refractivity contribution in [3.05, 3.63) is 34.2 Å². The lowest BCUT2D eigenvalue weighted by Crippen LogP contribution is -2.08. The predicted octanol–water partition coefficient (Wildman–Crippen LogP) is 0.991. The maximum atomic E-state index is 11.6. The van der Waals surface area contributed by atoms with Gasteiger partial charge in [-0.05, 0) is 0 Å². The van der Waals surface area contributed by atoms with Gasteiger partial charge in [0.1, 0.15) is 22.5 Å². The molecule has 0 unspecified atom stereocenters. The third-order valence-corrected chi connectivity index (χ3v) is 2.18. The number of hydrogen-bond donors (Lipinski definition) is 2. The minimum absolute atomic E-state index is 0.0876. The topological polar surface area (TPSA) is 97.0 Å². The molecule has 17 heavy (non-hydrogen) atoms. The van der Waals surface area contributed by atoms with Crippen molar-refractivity contribution in [1.29, 1.82) is 0 Å². The molecule has 0 atom stereocenters. The molecule has 0 aliphatic rings. The first-order chi connectivity index (χ1) is 8.02. The molecule has 6 nitrogen and oxygen atoms in total. The standard InChI is InChI=1S/C11H8O6/c1-16-11(15)9-4-7(14)10-6(13)2-5(12)3-8(10)17-9/h2-4,12-13H,1H3. The molecular weight excluding hydrogens is 228 g/mol. The second-order valence-electron chi connectivity index (χ2n) is 3.30. The molecule has 0 bridgehead atoms. The molecule has 6 heteroatoms. The van der Waals surface area contributed by atoms with Crippen LogP contribution in [0.4, 0.5) is 0 Å². The van der Waals surface area contributed by atoms with Gasteiger partial charge in [-0.1, -0.05) is 0 Å². The van der Waals surface area contributed by atoms with E-state index in [0.717, 1.165) is 25.3 Å². The van der Waals surface area contributed by atoms with E-state index >= 15 is 0 Å². The SMILES string of the molecule is COC(=O)c1cc(=O)c2c(O)cc(O)cc2o1. The number of methoxy groups -OCH3 is 1. The zero-order valence-corrected chi connectivity index (χ0v) is 8.76. The number of phenols is 2. The van der Waals surface area contributed by atoms with Crippen LogP contribution in [0, 0.1) is 0 Å². The summed E-state index contributed by atoms with van der Waals surface area (Å²) in [4.78, 5) is 22.8. The summed E-state index contributed by atoms with van der Waals surface area (Å²) >= 11 is 0. The zero-order chi connectivity index (χ0) is 12.6. The molecule has 2 aromatic rings. The molecule has 1 aromatic carbocycles. The maximum absolute atomic E-state index is 11.6. The van der Waals surface area contributed by atoms with Crippen LogP contribution in [0.3, 0.4) is 0 Å². The minimum atomic E-state index is -0.813. The van der Waals surface area contributed by atoms with Crippen molar-refractivity contribution in [3.63, 3.8) is 0 Å². The van der Waals surface area contributed by atoms with Gasteiger partial charge in [-0.2, -0.15) is 0 Å². The lowest BCUT2D eigenvalue weighted by molar-refractivity contribution is 0.0565. The summed E-state index contributed by atoms with van der Waals surface area (Å²) in [5, 5.41) is 18.6. The third kappa shape index (κ3) is 1.80. The van der Waals surface area contributed by atoms with Gasteiger partial charge in [0, 0.05) is 18.2 Å². The molecule has 0 amide bonds. The molecule has 1 heterocycles. The Balaban J connectivity index is 2.82. The molecule has 88 valence electrons. The Labute approximate surface area is 94.7 Å². The van der Waals surface area contributed by atoms with Crippen molar-refractivity contribution in [2.75, 3.05) is 7.11 Å². The first-order valence-corrected chi connectivity index (χ1v) is 4.61. The molecule has 0 saturated carbocycles. The van der Waals surface area contributed by atoms with Gasteiger partial charge in [-0.3, -0.25) is 4.79 Å². The summed E-state index contributed by atoms with van der Waals surface area (Å²) in [5.41, 5.74) is -0.681. The molecular formula is C11H8O6. The van der Waals surface area contributed by atoms with Crippen LogP contribution in [-0.4, -0.2) is 23.3 Å². The van der Waals surface area contributed by atoms with Crippen LogP contribution in [0.25, 0.3) is 11.0 Å². The van der Waals surface area contributed by atoms with Crippen LogP contribution in [0.5, 0.6) is 11.5 Å². The molecule has 0 saturated heterocycles. The van der Waals surface area contributed by atoms with Crippen molar-refractivity contribution in [3.8, 4) is 11.5 Å². The highest BCUT2D eigenvalue weighted by Crippen LogP contribution is 2.27. The number of ether oxygens (including phenoxy) is 1. The smallest absolute Gasteiger partial charge is 0.374 e. The van der Waals surface area contributed by atoms with Crippen molar-refractivity contribution in [1.82, 2.24) is 0 Å². The average Bonchev–Trinajstić information content (AvgIpc) is 2.26. The molecule has 0 aliphatic carbocycles. The van der Waals surface area contributed by atoms with Crippen LogP contribution >= 0.6 is 0 Å². The number of carbonyl (C=O) groups is 1. The zero-order valence-electron chi connectivity index (χ0n) is 8.76. The van der Waals surface area contributed by atoms with Gasteiger partial charge in [0.2, 0.25) is 5.76 Å². The summed E-state index contributed by atoms with van der Waals surface area (Å²) in [7, 11) is 1.15. The number of esters is 1. The number of aromatic hydroxyl groups is 2. The van der Waals surface area contributed by atoms with Crippen molar-refractivity contribution in [2.45, 2.75) is 0 Å². The Morgan fingerprint density at radius 3 is 2.65 bits per heavy atom. The Morgan fingerprint density at radius 1 is 1.29 bits per heavy atom. The van der Waals surface area contributed by atoms with E-state index in [4.69, 9.17) is 4.42 Å². The second-order valence-corrected chi connectivity index (χ2v) is 3.30. The second kappa shape index (κ2) is 3.82. The maximum Gasteiger partial charge on any atom is 0.374 e. The van der Waals surface area contributed by atoms with E-state index in [1.165, 1.54) is 0 Å². The molecule has 1 aromatic heterocycles. The molecule has 0 aliphatic heterocycles. The fourth-order valence-corrected chi connectivity index (χ4v) is 1.46. The lowest BCUT2D eigenvalue weighted by atomic mass is 10.2. The van der Waals surface area contributed by atoms with E-state index in [0.29, 0.717) is 0 Å². The van der Waals surface area contributed by atoms with Crippen molar-refractivity contribution >= 4 is 16.9 Å². The Hall–Kier alpha value is -2.50. The Bertz CT molecular complexity index is 655. The number of hydrogen-bond acceptors (Lipinski definition) is 6. The Kier molecular flexibility index (Phi) is 2.47. The van der Waals surface area contributed by atoms with E-state index in [-0.39, 0.29) is 22.5 Å². The lowest BCUT2D eigenvalue weighted by Gasteiger charge is -2.03. The molecule has 0 spiro atoms. The van der Waals surface area contributed by atoms with Gasteiger partial charge in [-0.25, -0.2) is 4.79 Å². The highest BCUT2D eigenvalue weighted by Gasteiger charge is 2.15. The summed E-state index contributed by atoms with van der Waals surface area (Å²) in [6.07, 6.45) is 0. The summed E-state index contributed by atoms with van der Waals surface area (Å²) in [6, 6.07) is 3.06. The van der Waals surface area contributed by atoms with Gasteiger partial charge < -0.3 is 19.4 Å². The molecule has 0 fully saturated rings.